The maximum Gasteiger partial charge on any atom is 0.233 e. The first kappa shape index (κ1) is 13.9. The highest BCUT2D eigenvalue weighted by Crippen LogP contribution is 2.25. The van der Waals surface area contributed by atoms with Crippen LogP contribution in [0.3, 0.4) is 0 Å². The van der Waals surface area contributed by atoms with E-state index in [1.165, 1.54) is 0 Å². The highest BCUT2D eigenvalue weighted by molar-refractivity contribution is 9.10. The molecule has 1 aliphatic rings. The third kappa shape index (κ3) is 2.61. The lowest BCUT2D eigenvalue weighted by molar-refractivity contribution is -0.139. The van der Waals surface area contributed by atoms with Crippen molar-refractivity contribution in [3.8, 4) is 0 Å². The molecule has 2 rings (SSSR count). The van der Waals surface area contributed by atoms with Gasteiger partial charge in [0.2, 0.25) is 11.8 Å². The van der Waals surface area contributed by atoms with Gasteiger partial charge in [-0.25, -0.2) is 0 Å². The van der Waals surface area contributed by atoms with Gasteiger partial charge < -0.3 is 0 Å². The van der Waals surface area contributed by atoms with E-state index in [4.69, 9.17) is 0 Å². The summed E-state index contributed by atoms with van der Waals surface area (Å²) in [5.74, 6) is -1.43. The number of nitrogens with zero attached hydrogens (tertiary/aromatic N) is 1. The monoisotopic (exact) mass is 323 g/mol. The van der Waals surface area contributed by atoms with Crippen molar-refractivity contribution in [1.29, 1.82) is 0 Å². The second-order valence-corrected chi connectivity index (χ2v) is 5.69. The minimum absolute atomic E-state index is 0.173. The highest BCUT2D eigenvalue weighted by Gasteiger charge is 2.42. The average molecular weight is 324 g/mol. The van der Waals surface area contributed by atoms with Crippen LogP contribution in [0.15, 0.2) is 28.7 Å². The van der Waals surface area contributed by atoms with E-state index in [9.17, 15) is 14.4 Å². The summed E-state index contributed by atoms with van der Waals surface area (Å²) in [6, 6.07) is 6.85. The van der Waals surface area contributed by atoms with Gasteiger partial charge in [0.1, 0.15) is 0 Å². The van der Waals surface area contributed by atoms with Crippen LogP contribution in [-0.4, -0.2) is 29.0 Å². The zero-order valence-electron chi connectivity index (χ0n) is 10.7. The fourth-order valence-corrected chi connectivity index (χ4v) is 2.32. The topological polar surface area (TPSA) is 54.5 Å². The summed E-state index contributed by atoms with van der Waals surface area (Å²) < 4.78 is 0.875. The van der Waals surface area contributed by atoms with Crippen molar-refractivity contribution in [2.24, 2.45) is 11.8 Å². The van der Waals surface area contributed by atoms with Gasteiger partial charge in [-0.05, 0) is 12.1 Å². The van der Waals surface area contributed by atoms with Crippen LogP contribution < -0.4 is 0 Å². The first-order chi connectivity index (χ1) is 8.91. The number of ketones is 1. The molecule has 19 heavy (non-hydrogen) atoms. The van der Waals surface area contributed by atoms with E-state index >= 15 is 0 Å². The molecule has 1 aromatic carbocycles. The van der Waals surface area contributed by atoms with Gasteiger partial charge in [0, 0.05) is 21.9 Å². The molecule has 2 amide bonds. The van der Waals surface area contributed by atoms with Crippen molar-refractivity contribution in [3.63, 3.8) is 0 Å². The normalized spacial score (nSPS) is 23.0. The summed E-state index contributed by atoms with van der Waals surface area (Å²) in [7, 11) is 0. The summed E-state index contributed by atoms with van der Waals surface area (Å²) in [5, 5.41) is 0. The van der Waals surface area contributed by atoms with E-state index < -0.39 is 0 Å². The van der Waals surface area contributed by atoms with E-state index in [-0.39, 0.29) is 36.0 Å². The SMILES string of the molecule is CC1C(=O)N(CC(=O)c2ccc(Br)cc2)C(=O)C1C. The van der Waals surface area contributed by atoms with Crippen LogP contribution in [0, 0.1) is 11.8 Å². The minimum atomic E-state index is -0.342. The van der Waals surface area contributed by atoms with Crippen LogP contribution in [0.5, 0.6) is 0 Å². The maximum absolute atomic E-state index is 12.1. The third-order valence-corrected chi connectivity index (χ3v) is 4.06. The Bertz CT molecular complexity index is 518. The molecule has 1 aliphatic heterocycles. The molecular formula is C14H14BrNO3. The number of hydrogen-bond donors (Lipinski definition) is 0. The Morgan fingerprint density at radius 1 is 1.11 bits per heavy atom. The molecule has 2 unspecified atom stereocenters. The van der Waals surface area contributed by atoms with Gasteiger partial charge in [-0.3, -0.25) is 19.3 Å². The number of imide groups is 1. The molecule has 4 nitrogen and oxygen atoms in total. The average Bonchev–Trinajstić information content (AvgIpc) is 2.57. The highest BCUT2D eigenvalue weighted by atomic mass is 79.9. The predicted molar refractivity (Wildman–Crippen MR) is 73.5 cm³/mol. The van der Waals surface area contributed by atoms with Gasteiger partial charge in [0.05, 0.1) is 6.54 Å². The van der Waals surface area contributed by atoms with Crippen LogP contribution in [-0.2, 0) is 9.59 Å². The fourth-order valence-electron chi connectivity index (χ4n) is 2.05. The van der Waals surface area contributed by atoms with Crippen molar-refractivity contribution >= 4 is 33.5 Å². The second kappa shape index (κ2) is 5.25. The third-order valence-electron chi connectivity index (χ3n) is 3.53. The molecule has 0 radical (unpaired) electrons. The van der Waals surface area contributed by atoms with Crippen molar-refractivity contribution in [1.82, 2.24) is 4.90 Å². The molecule has 0 aromatic heterocycles. The Morgan fingerprint density at radius 3 is 2.05 bits per heavy atom. The number of rotatable bonds is 3. The number of halogens is 1. The standard InChI is InChI=1S/C14H14BrNO3/c1-8-9(2)14(19)16(13(8)18)7-12(17)10-3-5-11(15)6-4-10/h3-6,8-9H,7H2,1-2H3. The zero-order chi connectivity index (χ0) is 14.2. The molecule has 2 atom stereocenters. The lowest BCUT2D eigenvalue weighted by Gasteiger charge is -2.13. The smallest absolute Gasteiger partial charge is 0.233 e. The number of amides is 2. The molecule has 0 spiro atoms. The van der Waals surface area contributed by atoms with Crippen molar-refractivity contribution in [3.05, 3.63) is 34.3 Å². The van der Waals surface area contributed by atoms with E-state index in [1.54, 1.807) is 38.1 Å². The van der Waals surface area contributed by atoms with Crippen LogP contribution in [0.1, 0.15) is 24.2 Å². The van der Waals surface area contributed by atoms with Gasteiger partial charge in [0.15, 0.2) is 5.78 Å². The summed E-state index contributed by atoms with van der Waals surface area (Å²) in [6.45, 7) is 3.26. The molecule has 5 heteroatoms. The van der Waals surface area contributed by atoms with Crippen LogP contribution in [0.4, 0.5) is 0 Å². The van der Waals surface area contributed by atoms with E-state index in [0.717, 1.165) is 9.37 Å². The lowest BCUT2D eigenvalue weighted by Crippen LogP contribution is -2.35. The van der Waals surface area contributed by atoms with Crippen LogP contribution in [0.25, 0.3) is 0 Å². The van der Waals surface area contributed by atoms with Crippen LogP contribution >= 0.6 is 15.9 Å². The Balaban J connectivity index is 2.13. The number of carbonyl (C=O) groups excluding carboxylic acids is 3. The maximum atomic E-state index is 12.1. The Morgan fingerprint density at radius 2 is 1.58 bits per heavy atom. The fraction of sp³-hybridized carbons (Fsp3) is 0.357. The molecule has 1 fully saturated rings. The molecule has 0 saturated carbocycles. The van der Waals surface area contributed by atoms with Gasteiger partial charge in [0.25, 0.3) is 0 Å². The van der Waals surface area contributed by atoms with Crippen LogP contribution in [0.2, 0.25) is 0 Å². The Hall–Kier alpha value is -1.49. The summed E-state index contributed by atoms with van der Waals surface area (Å²) in [5.41, 5.74) is 0.496. The molecular weight excluding hydrogens is 310 g/mol. The Labute approximate surface area is 119 Å². The first-order valence-electron chi connectivity index (χ1n) is 6.06. The summed E-state index contributed by atoms with van der Waals surface area (Å²) >= 11 is 3.29. The number of likely N-dealkylation sites (tertiary alicyclic amines) is 1. The van der Waals surface area contributed by atoms with Crippen molar-refractivity contribution < 1.29 is 14.4 Å². The zero-order valence-corrected chi connectivity index (χ0v) is 12.3. The number of Topliss-reactive ketones (excluding diaryl/α,β-unsaturated/α-hetero) is 1. The predicted octanol–water partition coefficient (Wildman–Crippen LogP) is 2.27. The molecule has 0 N–H and O–H groups in total. The second-order valence-electron chi connectivity index (χ2n) is 4.77. The quantitative estimate of drug-likeness (QED) is 0.633. The summed E-state index contributed by atoms with van der Waals surface area (Å²) in [6.07, 6.45) is 0. The van der Waals surface area contributed by atoms with Gasteiger partial charge in [-0.2, -0.15) is 0 Å². The molecule has 1 saturated heterocycles. The number of carbonyl (C=O) groups is 3. The van der Waals surface area contributed by atoms with Gasteiger partial charge in [-0.15, -0.1) is 0 Å². The van der Waals surface area contributed by atoms with Gasteiger partial charge >= 0.3 is 0 Å². The molecule has 1 aromatic rings. The molecule has 0 aliphatic carbocycles. The molecule has 1 heterocycles. The lowest BCUT2D eigenvalue weighted by atomic mass is 10.00. The summed E-state index contributed by atoms with van der Waals surface area (Å²) in [4.78, 5) is 36.9. The van der Waals surface area contributed by atoms with E-state index in [2.05, 4.69) is 15.9 Å². The first-order valence-corrected chi connectivity index (χ1v) is 6.85. The Kier molecular flexibility index (Phi) is 3.85. The van der Waals surface area contributed by atoms with Crippen molar-refractivity contribution in [2.75, 3.05) is 6.54 Å². The number of hydrogen-bond acceptors (Lipinski definition) is 3. The molecule has 100 valence electrons. The molecule has 0 bridgehead atoms. The minimum Gasteiger partial charge on any atom is -0.292 e. The van der Waals surface area contributed by atoms with E-state index in [0.29, 0.717) is 5.56 Å². The number of benzene rings is 1. The van der Waals surface area contributed by atoms with E-state index in [1.807, 2.05) is 0 Å². The van der Waals surface area contributed by atoms with Gasteiger partial charge in [-0.1, -0.05) is 41.9 Å². The van der Waals surface area contributed by atoms with Crippen molar-refractivity contribution in [2.45, 2.75) is 13.8 Å². The largest absolute Gasteiger partial charge is 0.292 e.